The Morgan fingerprint density at radius 1 is 1.14 bits per heavy atom. The minimum Gasteiger partial charge on any atom is -0.360 e. The van der Waals surface area contributed by atoms with Crippen molar-refractivity contribution in [3.05, 3.63) is 40.2 Å². The van der Waals surface area contributed by atoms with Gasteiger partial charge in [0.2, 0.25) is 10.0 Å². The second-order valence-electron chi connectivity index (χ2n) is 7.76. The Hall–Kier alpha value is -1.94. The minimum atomic E-state index is -3.89. The number of sulfonamides is 1. The number of anilines is 1. The maximum atomic E-state index is 12.8. The molecule has 2 aliphatic carbocycles. The fourth-order valence-electron chi connectivity index (χ4n) is 4.75. The quantitative estimate of drug-likeness (QED) is 0.546. The van der Waals surface area contributed by atoms with Gasteiger partial charge in [-0.3, -0.25) is 4.68 Å². The second kappa shape index (κ2) is 6.84. The average Bonchev–Trinajstić information content (AvgIpc) is 3.39. The number of benzene rings is 1. The van der Waals surface area contributed by atoms with Crippen molar-refractivity contribution in [3.8, 4) is 0 Å². The smallest absolute Gasteiger partial charge is 0.247 e. The van der Waals surface area contributed by atoms with Gasteiger partial charge in [-0.05, 0) is 60.8 Å². The molecule has 1 aromatic heterocycles. The third-order valence-corrected chi connectivity index (χ3v) is 7.47. The molecule has 2 aromatic rings. The van der Waals surface area contributed by atoms with Crippen LogP contribution in [0.5, 0.6) is 0 Å². The summed E-state index contributed by atoms with van der Waals surface area (Å²) in [6.07, 6.45) is 6.20. The summed E-state index contributed by atoms with van der Waals surface area (Å²) >= 11 is 0. The van der Waals surface area contributed by atoms with E-state index in [2.05, 4.69) is 26.5 Å². The molecule has 1 unspecified atom stereocenters. The predicted octanol–water partition coefficient (Wildman–Crippen LogP) is 0.630. The van der Waals surface area contributed by atoms with Gasteiger partial charge in [0.05, 0.1) is 18.4 Å². The lowest BCUT2D eigenvalue weighted by Gasteiger charge is -2.22. The molecule has 9 heteroatoms. The summed E-state index contributed by atoms with van der Waals surface area (Å²) in [6, 6.07) is 2.30. The molecule has 1 aromatic carbocycles. The fourth-order valence-corrected chi connectivity index (χ4v) is 5.90. The van der Waals surface area contributed by atoms with Gasteiger partial charge in [-0.25, -0.2) is 8.42 Å². The SMILES string of the molecule is O=S(=O)(NC(O)Nc1c2c(cc3c1CCC3)CCC2)c1cnn2c1CNCC2. The first-order chi connectivity index (χ1) is 13.5. The van der Waals surface area contributed by atoms with Gasteiger partial charge >= 0.3 is 0 Å². The topological polar surface area (TPSA) is 108 Å². The fraction of sp³-hybridized carbons (Fsp3) is 0.526. The molecule has 3 aliphatic rings. The highest BCUT2D eigenvalue weighted by atomic mass is 32.2. The summed E-state index contributed by atoms with van der Waals surface area (Å²) in [6.45, 7) is 1.84. The zero-order chi connectivity index (χ0) is 19.3. The van der Waals surface area contributed by atoms with Crippen molar-refractivity contribution in [1.29, 1.82) is 0 Å². The number of fused-ring (bicyclic) bond motifs is 3. The van der Waals surface area contributed by atoms with Crippen molar-refractivity contribution < 1.29 is 13.5 Å². The van der Waals surface area contributed by atoms with Crippen molar-refractivity contribution in [3.63, 3.8) is 0 Å². The van der Waals surface area contributed by atoms with E-state index in [4.69, 9.17) is 0 Å². The zero-order valence-electron chi connectivity index (χ0n) is 15.7. The molecule has 5 rings (SSSR count). The highest BCUT2D eigenvalue weighted by Crippen LogP contribution is 2.38. The van der Waals surface area contributed by atoms with E-state index in [-0.39, 0.29) is 4.90 Å². The zero-order valence-corrected chi connectivity index (χ0v) is 16.5. The largest absolute Gasteiger partial charge is 0.360 e. The van der Waals surface area contributed by atoms with Crippen LogP contribution in [0.15, 0.2) is 17.2 Å². The molecule has 2 heterocycles. The first kappa shape index (κ1) is 18.1. The van der Waals surface area contributed by atoms with Crippen LogP contribution < -0.4 is 15.4 Å². The van der Waals surface area contributed by atoms with Gasteiger partial charge in [-0.15, -0.1) is 0 Å². The highest BCUT2D eigenvalue weighted by Gasteiger charge is 2.29. The summed E-state index contributed by atoms with van der Waals surface area (Å²) in [4.78, 5) is 0.115. The normalized spacial score (nSPS) is 19.2. The van der Waals surface area contributed by atoms with Crippen LogP contribution in [0.1, 0.15) is 40.8 Å². The van der Waals surface area contributed by atoms with E-state index in [0.717, 1.165) is 50.8 Å². The standard InChI is InChI=1S/C19H25N5O3S/c25-19(23-28(26,27)17-11-21-24-8-7-20-10-16(17)24)22-18-14-5-1-3-12(14)9-13-4-2-6-15(13)18/h9,11,19-20,22-23,25H,1-8,10H2. The molecule has 0 saturated heterocycles. The van der Waals surface area contributed by atoms with Gasteiger partial charge in [0.15, 0.2) is 6.35 Å². The van der Waals surface area contributed by atoms with Gasteiger partial charge in [0, 0.05) is 18.8 Å². The lowest BCUT2D eigenvalue weighted by molar-refractivity contribution is 0.192. The van der Waals surface area contributed by atoms with E-state index in [1.807, 2.05) is 0 Å². The molecule has 28 heavy (non-hydrogen) atoms. The van der Waals surface area contributed by atoms with Crippen molar-refractivity contribution >= 4 is 15.7 Å². The van der Waals surface area contributed by atoms with Crippen LogP contribution in [0.3, 0.4) is 0 Å². The van der Waals surface area contributed by atoms with Crippen molar-refractivity contribution in [2.24, 2.45) is 0 Å². The molecule has 4 N–H and O–H groups in total. The van der Waals surface area contributed by atoms with Crippen LogP contribution in [-0.4, -0.2) is 36.2 Å². The Balaban J connectivity index is 1.40. The first-order valence-corrected chi connectivity index (χ1v) is 11.4. The van der Waals surface area contributed by atoms with E-state index in [1.54, 1.807) is 4.68 Å². The second-order valence-corrected chi connectivity index (χ2v) is 9.44. The number of rotatable bonds is 5. The number of aryl methyl sites for hydroxylation is 2. The molecule has 1 aliphatic heterocycles. The molecule has 8 nitrogen and oxygen atoms in total. The van der Waals surface area contributed by atoms with Crippen LogP contribution in [-0.2, 0) is 48.8 Å². The van der Waals surface area contributed by atoms with E-state index in [0.29, 0.717) is 18.8 Å². The summed E-state index contributed by atoms with van der Waals surface area (Å²) in [7, 11) is -3.89. The van der Waals surface area contributed by atoms with Gasteiger partial charge in [-0.1, -0.05) is 6.07 Å². The Kier molecular flexibility index (Phi) is 4.42. The Morgan fingerprint density at radius 3 is 2.57 bits per heavy atom. The molecule has 0 fully saturated rings. The van der Waals surface area contributed by atoms with E-state index in [9.17, 15) is 13.5 Å². The van der Waals surface area contributed by atoms with Gasteiger partial charge < -0.3 is 15.7 Å². The lowest BCUT2D eigenvalue weighted by atomic mass is 9.99. The molecule has 150 valence electrons. The summed E-state index contributed by atoms with van der Waals surface area (Å²) in [5, 5.41) is 20.9. The third kappa shape index (κ3) is 3.02. The van der Waals surface area contributed by atoms with Crippen molar-refractivity contribution in [1.82, 2.24) is 19.8 Å². The van der Waals surface area contributed by atoms with Crippen LogP contribution >= 0.6 is 0 Å². The van der Waals surface area contributed by atoms with Crippen LogP contribution in [0, 0.1) is 0 Å². The number of hydrogen-bond acceptors (Lipinski definition) is 6. The summed E-state index contributed by atoms with van der Waals surface area (Å²) < 4.78 is 29.8. The maximum Gasteiger partial charge on any atom is 0.247 e. The van der Waals surface area contributed by atoms with Crippen LogP contribution in [0.4, 0.5) is 5.69 Å². The minimum absolute atomic E-state index is 0.115. The first-order valence-electron chi connectivity index (χ1n) is 9.92. The van der Waals surface area contributed by atoms with Gasteiger partial charge in [-0.2, -0.15) is 9.82 Å². The van der Waals surface area contributed by atoms with E-state index in [1.165, 1.54) is 28.5 Å². The van der Waals surface area contributed by atoms with Gasteiger partial charge in [0.25, 0.3) is 0 Å². The summed E-state index contributed by atoms with van der Waals surface area (Å²) in [5.74, 6) is 0. The van der Waals surface area contributed by atoms with Crippen molar-refractivity contribution in [2.75, 3.05) is 11.9 Å². The molecule has 1 atom stereocenters. The average molecular weight is 404 g/mol. The number of nitrogens with one attached hydrogen (secondary N) is 3. The monoisotopic (exact) mass is 403 g/mol. The number of aromatic nitrogens is 2. The lowest BCUT2D eigenvalue weighted by Crippen LogP contribution is -2.41. The maximum absolute atomic E-state index is 12.8. The number of hydrogen-bond donors (Lipinski definition) is 4. The molecule has 0 spiro atoms. The van der Waals surface area contributed by atoms with Crippen LogP contribution in [0.25, 0.3) is 0 Å². The predicted molar refractivity (Wildman–Crippen MR) is 104 cm³/mol. The third-order valence-electron chi connectivity index (χ3n) is 6.01. The molecule has 0 amide bonds. The molecule has 0 saturated carbocycles. The highest BCUT2D eigenvalue weighted by molar-refractivity contribution is 7.89. The van der Waals surface area contributed by atoms with Crippen LogP contribution in [0.2, 0.25) is 0 Å². The van der Waals surface area contributed by atoms with E-state index >= 15 is 0 Å². The molecular formula is C19H25N5O3S. The number of aliphatic hydroxyl groups is 1. The molecule has 0 bridgehead atoms. The number of aliphatic hydroxyl groups excluding tert-OH is 1. The molecular weight excluding hydrogens is 378 g/mol. The van der Waals surface area contributed by atoms with Crippen molar-refractivity contribution in [2.45, 2.75) is 62.9 Å². The van der Waals surface area contributed by atoms with E-state index < -0.39 is 16.4 Å². The molecule has 0 radical (unpaired) electrons. The Labute approximate surface area is 164 Å². The van der Waals surface area contributed by atoms with Gasteiger partial charge in [0.1, 0.15) is 4.90 Å². The number of nitrogens with zero attached hydrogens (tertiary/aromatic N) is 2. The summed E-state index contributed by atoms with van der Waals surface area (Å²) in [5.41, 5.74) is 6.66. The Morgan fingerprint density at radius 2 is 1.86 bits per heavy atom. The Bertz CT molecular complexity index is 998.